The zero-order valence-corrected chi connectivity index (χ0v) is 17.0. The van der Waals surface area contributed by atoms with Gasteiger partial charge in [0.15, 0.2) is 11.2 Å². The zero-order valence-electron chi connectivity index (χ0n) is 17.0. The smallest absolute Gasteiger partial charge is 0.283 e. The molecule has 0 atom stereocenters. The first kappa shape index (κ1) is 20.1. The standard InChI is InChI=1S/C21H20N6O4/c1-30-16-8-15(9-17(10-16)31-2)23-18(28)12-26-13-22-20-19(21(26)29)24-25-27(20)11-14-6-4-3-5-7-14/h3-10,13H,11-12H2,1-2H3,(H,23,28). The van der Waals surface area contributed by atoms with Crippen LogP contribution in [0.4, 0.5) is 5.69 Å². The van der Waals surface area contributed by atoms with Crippen LogP contribution < -0.4 is 20.3 Å². The number of carbonyl (C=O) groups is 1. The molecule has 0 saturated heterocycles. The maximum atomic E-state index is 12.8. The molecule has 0 spiro atoms. The topological polar surface area (TPSA) is 113 Å². The number of anilines is 1. The first-order chi connectivity index (χ1) is 15.1. The quantitative estimate of drug-likeness (QED) is 0.484. The lowest BCUT2D eigenvalue weighted by Crippen LogP contribution is -2.28. The Bertz CT molecular complexity index is 1260. The Morgan fingerprint density at radius 3 is 2.45 bits per heavy atom. The van der Waals surface area contributed by atoms with E-state index in [2.05, 4.69) is 20.6 Å². The molecule has 0 saturated carbocycles. The van der Waals surface area contributed by atoms with Crippen LogP contribution in [-0.4, -0.2) is 44.7 Å². The van der Waals surface area contributed by atoms with E-state index in [1.165, 1.54) is 25.1 Å². The van der Waals surface area contributed by atoms with Gasteiger partial charge in [-0.15, -0.1) is 5.10 Å². The van der Waals surface area contributed by atoms with Crippen LogP contribution >= 0.6 is 0 Å². The minimum Gasteiger partial charge on any atom is -0.497 e. The highest BCUT2D eigenvalue weighted by molar-refractivity contribution is 5.91. The molecule has 0 aliphatic rings. The van der Waals surface area contributed by atoms with Crippen LogP contribution in [0.15, 0.2) is 59.7 Å². The van der Waals surface area contributed by atoms with Gasteiger partial charge in [-0.25, -0.2) is 9.67 Å². The third kappa shape index (κ3) is 4.37. The van der Waals surface area contributed by atoms with E-state index >= 15 is 0 Å². The summed E-state index contributed by atoms with van der Waals surface area (Å²) in [5.74, 6) is 0.658. The largest absolute Gasteiger partial charge is 0.497 e. The molecule has 0 radical (unpaired) electrons. The number of hydrogen-bond donors (Lipinski definition) is 1. The van der Waals surface area contributed by atoms with Crippen LogP contribution in [0.5, 0.6) is 11.5 Å². The molecule has 0 aliphatic heterocycles. The number of carbonyl (C=O) groups excluding carboxylic acids is 1. The second kappa shape index (κ2) is 8.66. The SMILES string of the molecule is COc1cc(NC(=O)Cn2cnc3c(nnn3Cc3ccccc3)c2=O)cc(OC)c1. The van der Waals surface area contributed by atoms with E-state index in [0.717, 1.165) is 5.56 Å². The Morgan fingerprint density at radius 2 is 1.77 bits per heavy atom. The Morgan fingerprint density at radius 1 is 1.06 bits per heavy atom. The van der Waals surface area contributed by atoms with Gasteiger partial charge in [-0.3, -0.25) is 14.2 Å². The van der Waals surface area contributed by atoms with E-state index < -0.39 is 11.5 Å². The van der Waals surface area contributed by atoms with Gasteiger partial charge in [0.1, 0.15) is 24.4 Å². The van der Waals surface area contributed by atoms with Gasteiger partial charge >= 0.3 is 0 Å². The van der Waals surface area contributed by atoms with Gasteiger partial charge in [0.2, 0.25) is 5.91 Å². The van der Waals surface area contributed by atoms with Crippen LogP contribution in [0.3, 0.4) is 0 Å². The van der Waals surface area contributed by atoms with Crippen molar-refractivity contribution in [1.82, 2.24) is 24.5 Å². The number of methoxy groups -OCH3 is 2. The maximum absolute atomic E-state index is 12.8. The van der Waals surface area contributed by atoms with E-state index in [0.29, 0.717) is 29.4 Å². The number of hydrogen-bond acceptors (Lipinski definition) is 7. The Hall–Kier alpha value is -4.21. The third-order valence-electron chi connectivity index (χ3n) is 4.62. The molecule has 2 aromatic carbocycles. The van der Waals surface area contributed by atoms with Crippen molar-refractivity contribution in [3.05, 3.63) is 70.8 Å². The normalized spacial score (nSPS) is 10.8. The number of nitrogens with zero attached hydrogens (tertiary/aromatic N) is 5. The van der Waals surface area contributed by atoms with E-state index in [1.807, 2.05) is 30.3 Å². The first-order valence-corrected chi connectivity index (χ1v) is 9.43. The molecule has 0 aliphatic carbocycles. The molecule has 2 heterocycles. The summed E-state index contributed by atoms with van der Waals surface area (Å²) in [6.45, 7) is 0.207. The fraction of sp³-hybridized carbons (Fsp3) is 0.190. The monoisotopic (exact) mass is 420 g/mol. The molecule has 31 heavy (non-hydrogen) atoms. The van der Waals surface area contributed by atoms with Crippen LogP contribution in [0, 0.1) is 0 Å². The first-order valence-electron chi connectivity index (χ1n) is 9.43. The minimum absolute atomic E-state index is 0.106. The van der Waals surface area contributed by atoms with Crippen LogP contribution in [0.2, 0.25) is 0 Å². The lowest BCUT2D eigenvalue weighted by molar-refractivity contribution is -0.116. The van der Waals surface area contributed by atoms with Crippen LogP contribution in [-0.2, 0) is 17.9 Å². The van der Waals surface area contributed by atoms with Crippen molar-refractivity contribution in [2.24, 2.45) is 0 Å². The summed E-state index contributed by atoms with van der Waals surface area (Å²) >= 11 is 0. The van der Waals surface area contributed by atoms with Crippen LogP contribution in [0.25, 0.3) is 11.2 Å². The van der Waals surface area contributed by atoms with Crippen molar-refractivity contribution in [1.29, 1.82) is 0 Å². The summed E-state index contributed by atoms with van der Waals surface area (Å²) in [4.78, 5) is 29.6. The number of aromatic nitrogens is 5. The number of nitrogens with one attached hydrogen (secondary N) is 1. The average Bonchev–Trinajstić information content (AvgIpc) is 3.19. The van der Waals surface area contributed by atoms with Gasteiger partial charge in [0, 0.05) is 23.9 Å². The molecule has 4 aromatic rings. The number of rotatable bonds is 7. The molecular weight excluding hydrogens is 400 g/mol. The molecule has 2 aromatic heterocycles. The molecule has 1 amide bonds. The van der Waals surface area contributed by atoms with Crippen molar-refractivity contribution in [3.63, 3.8) is 0 Å². The minimum atomic E-state index is -0.442. The molecular formula is C21H20N6O4. The van der Waals surface area contributed by atoms with E-state index in [-0.39, 0.29) is 12.1 Å². The molecule has 10 heteroatoms. The molecule has 0 unspecified atom stereocenters. The van der Waals surface area contributed by atoms with Gasteiger partial charge < -0.3 is 14.8 Å². The zero-order chi connectivity index (χ0) is 21.8. The summed E-state index contributed by atoms with van der Waals surface area (Å²) in [6, 6.07) is 14.7. The van der Waals surface area contributed by atoms with Crippen molar-refractivity contribution in [2.75, 3.05) is 19.5 Å². The average molecular weight is 420 g/mol. The van der Waals surface area contributed by atoms with Gasteiger partial charge in [-0.2, -0.15) is 0 Å². The van der Waals surface area contributed by atoms with Crippen molar-refractivity contribution >= 4 is 22.8 Å². The summed E-state index contributed by atoms with van der Waals surface area (Å²) in [5, 5.41) is 10.7. The van der Waals surface area contributed by atoms with Gasteiger partial charge in [0.25, 0.3) is 5.56 Å². The third-order valence-corrected chi connectivity index (χ3v) is 4.62. The highest BCUT2D eigenvalue weighted by Crippen LogP contribution is 2.25. The van der Waals surface area contributed by atoms with Crippen molar-refractivity contribution in [2.45, 2.75) is 13.1 Å². The summed E-state index contributed by atoms with van der Waals surface area (Å²) in [5.41, 5.74) is 1.52. The maximum Gasteiger partial charge on any atom is 0.283 e. The molecule has 10 nitrogen and oxygen atoms in total. The summed E-state index contributed by atoms with van der Waals surface area (Å²) in [7, 11) is 3.04. The van der Waals surface area contributed by atoms with Gasteiger partial charge in [-0.1, -0.05) is 35.5 Å². The van der Waals surface area contributed by atoms with E-state index in [4.69, 9.17) is 9.47 Å². The predicted molar refractivity (Wildman–Crippen MR) is 113 cm³/mol. The second-order valence-electron chi connectivity index (χ2n) is 6.73. The van der Waals surface area contributed by atoms with Crippen molar-refractivity contribution < 1.29 is 14.3 Å². The fourth-order valence-electron chi connectivity index (χ4n) is 3.10. The number of ether oxygens (including phenoxy) is 2. The van der Waals surface area contributed by atoms with Crippen molar-refractivity contribution in [3.8, 4) is 11.5 Å². The highest BCUT2D eigenvalue weighted by Gasteiger charge is 2.14. The number of benzene rings is 2. The predicted octanol–water partition coefficient (Wildman–Crippen LogP) is 1.69. The molecule has 0 bridgehead atoms. The molecule has 158 valence electrons. The van der Waals surface area contributed by atoms with Gasteiger partial charge in [0.05, 0.1) is 20.8 Å². The highest BCUT2D eigenvalue weighted by atomic mass is 16.5. The van der Waals surface area contributed by atoms with E-state index in [1.54, 1.807) is 22.9 Å². The Balaban J connectivity index is 1.53. The van der Waals surface area contributed by atoms with Crippen LogP contribution in [0.1, 0.15) is 5.56 Å². The molecule has 0 fully saturated rings. The lowest BCUT2D eigenvalue weighted by Gasteiger charge is -2.10. The lowest BCUT2D eigenvalue weighted by atomic mass is 10.2. The van der Waals surface area contributed by atoms with E-state index in [9.17, 15) is 9.59 Å². The Kier molecular flexibility index (Phi) is 5.61. The number of fused-ring (bicyclic) bond motifs is 1. The number of amides is 1. The summed E-state index contributed by atoms with van der Waals surface area (Å²) in [6.07, 6.45) is 1.32. The van der Waals surface area contributed by atoms with Gasteiger partial charge in [-0.05, 0) is 5.56 Å². The molecule has 4 rings (SSSR count). The summed E-state index contributed by atoms with van der Waals surface area (Å²) < 4.78 is 13.1. The molecule has 1 N–H and O–H groups in total. The Labute approximate surface area is 177 Å². The second-order valence-corrected chi connectivity index (χ2v) is 6.73. The fourth-order valence-corrected chi connectivity index (χ4v) is 3.10.